The van der Waals surface area contributed by atoms with Crippen LogP contribution in [-0.4, -0.2) is 44.7 Å². The summed E-state index contributed by atoms with van der Waals surface area (Å²) in [6, 6.07) is 5.86. The topological polar surface area (TPSA) is 84.7 Å². The molecule has 0 aliphatic carbocycles. The quantitative estimate of drug-likeness (QED) is 0.474. The lowest BCUT2D eigenvalue weighted by Crippen LogP contribution is -2.41. The number of nitrogens with zero attached hydrogens (tertiary/aromatic N) is 4. The second kappa shape index (κ2) is 10.5. The maximum absolute atomic E-state index is 13.9. The van der Waals surface area contributed by atoms with Crippen LogP contribution < -0.4 is 4.90 Å². The molecule has 0 unspecified atom stereocenters. The molecule has 0 saturated heterocycles. The zero-order chi connectivity index (χ0) is 28.6. The van der Waals surface area contributed by atoms with E-state index in [1.165, 1.54) is 17.0 Å². The van der Waals surface area contributed by atoms with Crippen LogP contribution in [-0.2, 0) is 27.4 Å². The van der Waals surface area contributed by atoms with Crippen molar-refractivity contribution < 1.29 is 23.5 Å². The summed E-state index contributed by atoms with van der Waals surface area (Å²) in [5, 5.41) is 4.75. The minimum Gasteiger partial charge on any atom is -0.444 e. The summed E-state index contributed by atoms with van der Waals surface area (Å²) in [7, 11) is 0. The Bertz CT molecular complexity index is 1170. The molecule has 0 spiro atoms. The summed E-state index contributed by atoms with van der Waals surface area (Å²) in [4.78, 5) is 43.0. The first-order valence-corrected chi connectivity index (χ1v) is 13.0. The van der Waals surface area contributed by atoms with E-state index in [0.717, 1.165) is 0 Å². The van der Waals surface area contributed by atoms with Gasteiger partial charge in [-0.2, -0.15) is 5.10 Å². The molecule has 0 radical (unpaired) electrons. The van der Waals surface area contributed by atoms with E-state index in [1.807, 2.05) is 41.5 Å². The number of rotatable bonds is 4. The van der Waals surface area contributed by atoms with Gasteiger partial charge in [-0.15, -0.1) is 0 Å². The third kappa shape index (κ3) is 7.42. The number of carbonyl (C=O) groups excluding carboxylic acids is 3. The second-order valence-corrected chi connectivity index (χ2v) is 13.4. The van der Waals surface area contributed by atoms with Gasteiger partial charge in [0.2, 0.25) is 11.8 Å². The molecule has 8 nitrogen and oxygen atoms in total. The van der Waals surface area contributed by atoms with Gasteiger partial charge in [-0.25, -0.2) is 14.1 Å². The van der Waals surface area contributed by atoms with Crippen LogP contribution >= 0.6 is 0 Å². The first-order chi connectivity index (χ1) is 17.3. The summed E-state index contributed by atoms with van der Waals surface area (Å²) in [5.41, 5.74) is 0.407. The van der Waals surface area contributed by atoms with E-state index < -0.39 is 17.5 Å². The van der Waals surface area contributed by atoms with Gasteiger partial charge in [0.25, 0.3) is 0 Å². The van der Waals surface area contributed by atoms with Crippen molar-refractivity contribution in [3.05, 3.63) is 35.8 Å². The van der Waals surface area contributed by atoms with Crippen molar-refractivity contribution in [3.63, 3.8) is 0 Å². The number of carbonyl (C=O) groups is 3. The minimum atomic E-state index is -0.657. The lowest BCUT2D eigenvalue weighted by atomic mass is 9.89. The van der Waals surface area contributed by atoms with Crippen LogP contribution in [0, 0.1) is 16.6 Å². The van der Waals surface area contributed by atoms with Crippen LogP contribution in [0.2, 0.25) is 0 Å². The van der Waals surface area contributed by atoms with Gasteiger partial charge in [0.1, 0.15) is 11.4 Å². The summed E-state index contributed by atoms with van der Waals surface area (Å²) in [5.74, 6) is -0.901. The van der Waals surface area contributed by atoms with E-state index in [-0.39, 0.29) is 47.8 Å². The molecular formula is C29H41FN4O4. The molecule has 0 fully saturated rings. The van der Waals surface area contributed by atoms with Crippen LogP contribution in [0.25, 0.3) is 11.1 Å². The van der Waals surface area contributed by atoms with Crippen molar-refractivity contribution in [2.45, 2.75) is 93.8 Å². The first kappa shape index (κ1) is 29.3. The zero-order valence-corrected chi connectivity index (χ0v) is 24.1. The van der Waals surface area contributed by atoms with Gasteiger partial charge in [-0.3, -0.25) is 14.3 Å². The second-order valence-electron chi connectivity index (χ2n) is 13.4. The highest BCUT2D eigenvalue weighted by Gasteiger charge is 2.37. The molecule has 2 aromatic rings. The van der Waals surface area contributed by atoms with Crippen LogP contribution in [0.1, 0.15) is 80.8 Å². The van der Waals surface area contributed by atoms with Gasteiger partial charge in [-0.05, 0) is 49.3 Å². The maximum Gasteiger partial charge on any atom is 0.410 e. The van der Waals surface area contributed by atoms with Crippen LogP contribution in [0.15, 0.2) is 24.3 Å². The third-order valence-corrected chi connectivity index (χ3v) is 5.82. The molecule has 0 N–H and O–H groups in total. The highest BCUT2D eigenvalue weighted by Crippen LogP contribution is 2.38. The number of imide groups is 1. The average Bonchev–Trinajstić information content (AvgIpc) is 3.08. The molecule has 1 aromatic heterocycles. The molecular weight excluding hydrogens is 487 g/mol. The number of halogens is 1. The van der Waals surface area contributed by atoms with Gasteiger partial charge in [0.15, 0.2) is 5.82 Å². The molecule has 1 aliphatic heterocycles. The number of benzene rings is 1. The van der Waals surface area contributed by atoms with Gasteiger partial charge in [0.05, 0.1) is 18.8 Å². The highest BCUT2D eigenvalue weighted by molar-refractivity contribution is 6.16. The standard InChI is InChI=1S/C29H41FN4O4/c1-27(2,3)16-22(35)34(23(36)17-28(4,5)6)25-24(19-10-12-20(30)13-11-19)21-18-32(14-15-33(21)31-25)26(37)38-29(7,8)9/h10-13H,14-18H2,1-9H3. The van der Waals surface area contributed by atoms with E-state index in [9.17, 15) is 18.8 Å². The highest BCUT2D eigenvalue weighted by atomic mass is 19.1. The van der Waals surface area contributed by atoms with Gasteiger partial charge >= 0.3 is 6.09 Å². The number of fused-ring (bicyclic) bond motifs is 1. The molecule has 0 atom stereocenters. The summed E-state index contributed by atoms with van der Waals surface area (Å²) in [6.45, 7) is 17.9. The Morgan fingerprint density at radius 1 is 0.895 bits per heavy atom. The smallest absolute Gasteiger partial charge is 0.410 e. The Morgan fingerprint density at radius 2 is 1.42 bits per heavy atom. The van der Waals surface area contributed by atoms with E-state index in [0.29, 0.717) is 29.9 Å². The normalized spacial score (nSPS) is 14.2. The Balaban J connectivity index is 2.17. The van der Waals surface area contributed by atoms with Crippen molar-refractivity contribution in [1.29, 1.82) is 0 Å². The van der Waals surface area contributed by atoms with Crippen LogP contribution in [0.5, 0.6) is 0 Å². The molecule has 3 rings (SSSR count). The third-order valence-electron chi connectivity index (χ3n) is 5.82. The van der Waals surface area contributed by atoms with Crippen molar-refractivity contribution in [1.82, 2.24) is 14.7 Å². The fourth-order valence-corrected chi connectivity index (χ4v) is 4.30. The van der Waals surface area contributed by atoms with Gasteiger partial charge in [-0.1, -0.05) is 53.7 Å². The Hall–Kier alpha value is -3.23. The number of ether oxygens (including phenoxy) is 1. The molecule has 3 amide bonds. The molecule has 38 heavy (non-hydrogen) atoms. The molecule has 208 valence electrons. The largest absolute Gasteiger partial charge is 0.444 e. The SMILES string of the molecule is CC(C)(C)CC(=O)N(C(=O)CC(C)(C)C)c1nn2c(c1-c1ccc(F)cc1)CN(C(=O)OC(C)(C)C)CC2. The van der Waals surface area contributed by atoms with Crippen LogP contribution in [0.3, 0.4) is 0 Å². The van der Waals surface area contributed by atoms with E-state index in [1.54, 1.807) is 42.5 Å². The monoisotopic (exact) mass is 528 g/mol. The van der Waals surface area contributed by atoms with Crippen LogP contribution in [0.4, 0.5) is 15.0 Å². The summed E-state index contributed by atoms with van der Waals surface area (Å²) < 4.78 is 21.2. The number of aromatic nitrogens is 2. The minimum absolute atomic E-state index is 0.137. The lowest BCUT2D eigenvalue weighted by Gasteiger charge is -2.30. The maximum atomic E-state index is 13.9. The molecule has 1 aliphatic rings. The molecule has 9 heteroatoms. The fourth-order valence-electron chi connectivity index (χ4n) is 4.30. The number of hydrogen-bond donors (Lipinski definition) is 0. The molecule has 0 saturated carbocycles. The van der Waals surface area contributed by atoms with Gasteiger partial charge in [0, 0.05) is 24.9 Å². The Labute approximate surface area is 225 Å². The number of hydrogen-bond acceptors (Lipinski definition) is 5. The van der Waals surface area contributed by atoms with Crippen molar-refractivity contribution in [2.75, 3.05) is 11.4 Å². The fraction of sp³-hybridized carbons (Fsp3) is 0.586. The van der Waals surface area contributed by atoms with Gasteiger partial charge < -0.3 is 9.64 Å². The Morgan fingerprint density at radius 3 is 1.89 bits per heavy atom. The summed E-state index contributed by atoms with van der Waals surface area (Å²) in [6.07, 6.45) is -0.184. The average molecular weight is 529 g/mol. The van der Waals surface area contributed by atoms with Crippen molar-refractivity contribution >= 4 is 23.7 Å². The number of amides is 3. The predicted molar refractivity (Wildman–Crippen MR) is 145 cm³/mol. The molecule has 1 aromatic carbocycles. The predicted octanol–water partition coefficient (Wildman–Crippen LogP) is 6.17. The van der Waals surface area contributed by atoms with E-state index in [2.05, 4.69) is 0 Å². The summed E-state index contributed by atoms with van der Waals surface area (Å²) >= 11 is 0. The van der Waals surface area contributed by atoms with Crippen molar-refractivity contribution in [3.8, 4) is 11.1 Å². The lowest BCUT2D eigenvalue weighted by molar-refractivity contribution is -0.128. The van der Waals surface area contributed by atoms with E-state index >= 15 is 0 Å². The zero-order valence-electron chi connectivity index (χ0n) is 24.1. The molecule has 0 bridgehead atoms. The van der Waals surface area contributed by atoms with Crippen molar-refractivity contribution in [2.24, 2.45) is 10.8 Å². The number of anilines is 1. The first-order valence-electron chi connectivity index (χ1n) is 13.0. The van der Waals surface area contributed by atoms with E-state index in [4.69, 9.17) is 9.84 Å². The molecule has 2 heterocycles. The Kier molecular flexibility index (Phi) is 8.10.